The summed E-state index contributed by atoms with van der Waals surface area (Å²) < 4.78 is 2.35. The van der Waals surface area contributed by atoms with Gasteiger partial charge in [-0.25, -0.2) is 4.98 Å². The maximum absolute atomic E-state index is 12.4. The Morgan fingerprint density at radius 2 is 1.64 bits per heavy atom. The zero-order valence-corrected chi connectivity index (χ0v) is 20.6. The van der Waals surface area contributed by atoms with Gasteiger partial charge < -0.3 is 9.88 Å². The van der Waals surface area contributed by atoms with Crippen molar-refractivity contribution < 1.29 is 4.79 Å². The van der Waals surface area contributed by atoms with Crippen LogP contribution in [-0.2, 0) is 4.79 Å². The molecule has 5 heteroatoms. The third-order valence-electron chi connectivity index (χ3n) is 6.24. The van der Waals surface area contributed by atoms with Gasteiger partial charge in [0.1, 0.15) is 0 Å². The summed E-state index contributed by atoms with van der Waals surface area (Å²) in [5, 5.41) is 4.26. The van der Waals surface area contributed by atoms with Crippen molar-refractivity contribution in [2.45, 2.75) is 76.0 Å². The van der Waals surface area contributed by atoms with Crippen molar-refractivity contribution in [1.82, 2.24) is 14.9 Å². The molecular weight excluding hydrogens is 426 g/mol. The Balaban J connectivity index is 1.49. The maximum Gasteiger partial charge on any atom is 0.220 e. The number of nitrogens with one attached hydrogen (secondary N) is 1. The molecule has 0 unspecified atom stereocenters. The average molecular weight is 462 g/mol. The molecule has 1 aromatic heterocycles. The van der Waals surface area contributed by atoms with Crippen LogP contribution in [0.15, 0.2) is 65.8 Å². The Bertz CT molecular complexity index is 1020. The summed E-state index contributed by atoms with van der Waals surface area (Å²) in [4.78, 5) is 17.5. The van der Waals surface area contributed by atoms with Crippen molar-refractivity contribution in [3.63, 3.8) is 0 Å². The molecule has 1 aliphatic carbocycles. The number of rotatable bonds is 9. The van der Waals surface area contributed by atoms with Crippen molar-refractivity contribution in [3.8, 4) is 22.5 Å². The number of hydrogen-bond donors (Lipinski definition) is 1. The molecule has 1 heterocycles. The molecule has 1 fully saturated rings. The van der Waals surface area contributed by atoms with Crippen molar-refractivity contribution in [1.29, 1.82) is 0 Å². The van der Waals surface area contributed by atoms with E-state index in [4.69, 9.17) is 4.98 Å². The second-order valence-corrected chi connectivity index (χ2v) is 10.2. The number of imidazole rings is 1. The second-order valence-electron chi connectivity index (χ2n) is 9.14. The van der Waals surface area contributed by atoms with E-state index in [1.165, 1.54) is 24.8 Å². The van der Waals surface area contributed by atoms with Crippen LogP contribution in [0.25, 0.3) is 22.5 Å². The van der Waals surface area contributed by atoms with Gasteiger partial charge in [0.25, 0.3) is 0 Å². The lowest BCUT2D eigenvalue weighted by Gasteiger charge is -2.22. The van der Waals surface area contributed by atoms with Gasteiger partial charge in [0.15, 0.2) is 5.16 Å². The van der Waals surface area contributed by atoms with Gasteiger partial charge in [-0.2, -0.15) is 0 Å². The van der Waals surface area contributed by atoms with Gasteiger partial charge in [-0.3, -0.25) is 4.79 Å². The first-order valence-corrected chi connectivity index (χ1v) is 13.3. The first kappa shape index (κ1) is 23.6. The van der Waals surface area contributed by atoms with Crippen LogP contribution in [0.1, 0.15) is 64.8 Å². The van der Waals surface area contributed by atoms with Gasteiger partial charge in [0.2, 0.25) is 5.91 Å². The summed E-state index contributed by atoms with van der Waals surface area (Å²) in [5.41, 5.74) is 4.49. The van der Waals surface area contributed by atoms with E-state index < -0.39 is 0 Å². The summed E-state index contributed by atoms with van der Waals surface area (Å²) in [5.74, 6) is 1.08. The minimum Gasteiger partial charge on any atom is -0.353 e. The largest absolute Gasteiger partial charge is 0.353 e. The van der Waals surface area contributed by atoms with Gasteiger partial charge in [-0.05, 0) is 33.1 Å². The standard InChI is InChI=1S/C28H35N3OS/c1-21(2)31-27(23-15-8-4-9-16-23)26(22-13-6-3-7-14-22)30-28(31)33-20-12-19-25(32)29-24-17-10-5-11-18-24/h3-4,6-9,13-16,21,24H,5,10-12,17-20H2,1-2H3,(H,29,32). The lowest BCUT2D eigenvalue weighted by Crippen LogP contribution is -2.36. The van der Waals surface area contributed by atoms with E-state index in [0.29, 0.717) is 12.5 Å². The second kappa shape index (κ2) is 11.6. The number of carbonyl (C=O) groups excluding carboxylic acids is 1. The molecule has 2 aromatic carbocycles. The lowest BCUT2D eigenvalue weighted by atomic mass is 9.95. The highest BCUT2D eigenvalue weighted by atomic mass is 32.2. The monoisotopic (exact) mass is 461 g/mol. The first-order chi connectivity index (χ1) is 16.1. The molecule has 1 amide bonds. The predicted molar refractivity (Wildman–Crippen MR) is 138 cm³/mol. The molecule has 0 aliphatic heterocycles. The number of benzene rings is 2. The summed E-state index contributed by atoms with van der Waals surface area (Å²) in [6.45, 7) is 4.43. The van der Waals surface area contributed by atoms with Gasteiger partial charge in [0.05, 0.1) is 11.4 Å². The molecule has 1 saturated carbocycles. The Morgan fingerprint density at radius 1 is 1.00 bits per heavy atom. The molecule has 0 atom stereocenters. The summed E-state index contributed by atoms with van der Waals surface area (Å²) in [6, 6.07) is 21.6. The highest BCUT2D eigenvalue weighted by molar-refractivity contribution is 7.99. The van der Waals surface area contributed by atoms with Crippen LogP contribution in [0.3, 0.4) is 0 Å². The van der Waals surface area contributed by atoms with Gasteiger partial charge in [-0.15, -0.1) is 0 Å². The van der Waals surface area contributed by atoms with Crippen LogP contribution in [-0.4, -0.2) is 27.3 Å². The van der Waals surface area contributed by atoms with Gasteiger partial charge in [-0.1, -0.05) is 91.7 Å². The van der Waals surface area contributed by atoms with E-state index in [0.717, 1.165) is 47.1 Å². The predicted octanol–water partition coefficient (Wildman–Crippen LogP) is 7.12. The lowest BCUT2D eigenvalue weighted by molar-refractivity contribution is -0.122. The molecule has 0 spiro atoms. The number of aromatic nitrogens is 2. The Kier molecular flexibility index (Phi) is 8.27. The maximum atomic E-state index is 12.4. The van der Waals surface area contributed by atoms with E-state index in [1.54, 1.807) is 11.8 Å². The van der Waals surface area contributed by atoms with Crippen LogP contribution >= 0.6 is 11.8 Å². The molecule has 1 N–H and O–H groups in total. The molecule has 0 saturated heterocycles. The molecule has 0 bridgehead atoms. The smallest absolute Gasteiger partial charge is 0.220 e. The van der Waals surface area contributed by atoms with Crippen molar-refractivity contribution in [3.05, 3.63) is 60.7 Å². The minimum atomic E-state index is 0.199. The number of hydrogen-bond acceptors (Lipinski definition) is 3. The molecule has 4 nitrogen and oxygen atoms in total. The van der Waals surface area contributed by atoms with Crippen LogP contribution in [0.2, 0.25) is 0 Å². The van der Waals surface area contributed by atoms with E-state index >= 15 is 0 Å². The number of carbonyl (C=O) groups is 1. The van der Waals surface area contributed by atoms with Crippen molar-refractivity contribution in [2.24, 2.45) is 0 Å². The number of thioether (sulfide) groups is 1. The van der Waals surface area contributed by atoms with E-state index in [2.05, 4.69) is 78.3 Å². The average Bonchev–Trinajstić information content (AvgIpc) is 3.23. The fourth-order valence-corrected chi connectivity index (χ4v) is 5.67. The molecule has 0 radical (unpaired) electrons. The highest BCUT2D eigenvalue weighted by Crippen LogP contribution is 2.38. The molecule has 3 aromatic rings. The number of nitrogens with zero attached hydrogens (tertiary/aromatic N) is 2. The summed E-state index contributed by atoms with van der Waals surface area (Å²) in [7, 11) is 0. The van der Waals surface area contributed by atoms with Crippen LogP contribution in [0.5, 0.6) is 0 Å². The Labute approximate surface area is 202 Å². The normalized spacial score (nSPS) is 14.5. The van der Waals surface area contributed by atoms with Crippen LogP contribution in [0, 0.1) is 0 Å². The number of amides is 1. The van der Waals surface area contributed by atoms with E-state index in [-0.39, 0.29) is 11.9 Å². The van der Waals surface area contributed by atoms with Gasteiger partial charge >= 0.3 is 0 Å². The third kappa shape index (κ3) is 6.08. The van der Waals surface area contributed by atoms with Crippen molar-refractivity contribution >= 4 is 17.7 Å². The molecular formula is C28H35N3OS. The third-order valence-corrected chi connectivity index (χ3v) is 7.28. The summed E-state index contributed by atoms with van der Waals surface area (Å²) in [6.07, 6.45) is 7.51. The molecule has 33 heavy (non-hydrogen) atoms. The van der Waals surface area contributed by atoms with Gasteiger partial charge in [0, 0.05) is 35.4 Å². The zero-order valence-electron chi connectivity index (χ0n) is 19.8. The Hall–Kier alpha value is -2.53. The fourth-order valence-electron chi connectivity index (χ4n) is 4.61. The zero-order chi connectivity index (χ0) is 23.0. The van der Waals surface area contributed by atoms with Crippen LogP contribution in [0.4, 0.5) is 0 Å². The SMILES string of the molecule is CC(C)n1c(SCCCC(=O)NC2CCCCC2)nc(-c2ccccc2)c1-c1ccccc1. The molecule has 174 valence electrons. The highest BCUT2D eigenvalue weighted by Gasteiger charge is 2.22. The Morgan fingerprint density at radius 3 is 2.27 bits per heavy atom. The quantitative estimate of drug-likeness (QED) is 0.273. The fraction of sp³-hybridized carbons (Fsp3) is 0.429. The van der Waals surface area contributed by atoms with E-state index in [1.807, 2.05) is 6.07 Å². The topological polar surface area (TPSA) is 46.9 Å². The summed E-state index contributed by atoms with van der Waals surface area (Å²) >= 11 is 1.76. The minimum absolute atomic E-state index is 0.199. The first-order valence-electron chi connectivity index (χ1n) is 12.3. The molecule has 1 aliphatic rings. The van der Waals surface area contributed by atoms with Crippen molar-refractivity contribution in [2.75, 3.05) is 5.75 Å². The molecule has 4 rings (SSSR count). The van der Waals surface area contributed by atoms with E-state index in [9.17, 15) is 4.79 Å². The van der Waals surface area contributed by atoms with Crippen LogP contribution < -0.4 is 5.32 Å².